The van der Waals surface area contributed by atoms with Crippen LogP contribution in [0.5, 0.6) is 5.75 Å². The van der Waals surface area contributed by atoms with Crippen molar-refractivity contribution in [2.75, 3.05) is 6.61 Å². The van der Waals surface area contributed by atoms with Crippen LogP contribution in [0.25, 0.3) is 6.08 Å². The van der Waals surface area contributed by atoms with Crippen molar-refractivity contribution >= 4 is 28.0 Å². The highest BCUT2D eigenvalue weighted by Crippen LogP contribution is 2.30. The van der Waals surface area contributed by atoms with Gasteiger partial charge >= 0.3 is 5.97 Å². The summed E-state index contributed by atoms with van der Waals surface area (Å²) in [7, 11) is 0. The van der Waals surface area contributed by atoms with E-state index >= 15 is 0 Å². The number of carboxylic acids is 1. The average Bonchev–Trinajstić information content (AvgIpc) is 2.28. The quantitative estimate of drug-likeness (QED) is 0.808. The van der Waals surface area contributed by atoms with Crippen molar-refractivity contribution in [2.45, 2.75) is 20.3 Å². The van der Waals surface area contributed by atoms with Gasteiger partial charge in [-0.25, -0.2) is 4.79 Å². The molecule has 4 heteroatoms. The first-order chi connectivity index (χ1) is 8.50. The lowest BCUT2D eigenvalue weighted by atomic mass is 10.1. The van der Waals surface area contributed by atoms with Gasteiger partial charge in [-0.15, -0.1) is 0 Å². The van der Waals surface area contributed by atoms with E-state index in [4.69, 9.17) is 9.84 Å². The van der Waals surface area contributed by atoms with Crippen LogP contribution in [0.2, 0.25) is 0 Å². The molecule has 0 aliphatic rings. The van der Waals surface area contributed by atoms with E-state index in [0.717, 1.165) is 22.5 Å². The number of hydrogen-bond acceptors (Lipinski definition) is 2. The zero-order chi connectivity index (χ0) is 13.5. The van der Waals surface area contributed by atoms with E-state index in [1.165, 1.54) is 6.08 Å². The normalized spacial score (nSPS) is 11.1. The van der Waals surface area contributed by atoms with Gasteiger partial charge < -0.3 is 9.84 Å². The van der Waals surface area contributed by atoms with Crippen molar-refractivity contribution in [1.29, 1.82) is 0 Å². The summed E-state index contributed by atoms with van der Waals surface area (Å²) in [4.78, 5) is 10.5. The molecule has 0 radical (unpaired) electrons. The van der Waals surface area contributed by atoms with Crippen LogP contribution in [0.15, 0.2) is 28.7 Å². The van der Waals surface area contributed by atoms with Gasteiger partial charge in [0.25, 0.3) is 0 Å². The molecular weight excluding hydrogens is 296 g/mol. The zero-order valence-corrected chi connectivity index (χ0v) is 12.1. The molecule has 0 aliphatic heterocycles. The van der Waals surface area contributed by atoms with Gasteiger partial charge in [0.2, 0.25) is 0 Å². The number of carbonyl (C=O) groups is 1. The fourth-order valence-electron chi connectivity index (χ4n) is 1.37. The van der Waals surface area contributed by atoms with Gasteiger partial charge in [-0.3, -0.25) is 0 Å². The van der Waals surface area contributed by atoms with Crippen LogP contribution in [0.1, 0.15) is 25.8 Å². The van der Waals surface area contributed by atoms with E-state index < -0.39 is 5.97 Å². The van der Waals surface area contributed by atoms with E-state index in [0.29, 0.717) is 18.3 Å². The van der Waals surface area contributed by atoms with Crippen LogP contribution in [-0.4, -0.2) is 17.7 Å². The Labute approximate surface area is 116 Å². The molecule has 1 N–H and O–H groups in total. The molecule has 0 aromatic heterocycles. The fourth-order valence-corrected chi connectivity index (χ4v) is 1.86. The molecule has 98 valence electrons. The Balaban J connectivity index is 2.83. The molecule has 0 bridgehead atoms. The van der Waals surface area contributed by atoms with Gasteiger partial charge in [-0.05, 0) is 40.4 Å². The van der Waals surface area contributed by atoms with Crippen LogP contribution in [-0.2, 0) is 4.79 Å². The second kappa shape index (κ2) is 7.21. The molecule has 0 fully saturated rings. The van der Waals surface area contributed by atoms with Crippen molar-refractivity contribution in [3.63, 3.8) is 0 Å². The minimum atomic E-state index is -0.969. The molecule has 3 nitrogen and oxygen atoms in total. The average molecular weight is 313 g/mol. The SMILES string of the molecule is CC(C)CCOc1c(Br)cccc1C=CC(=O)O. The number of hydrogen-bond donors (Lipinski definition) is 1. The predicted molar refractivity (Wildman–Crippen MR) is 75.8 cm³/mol. The van der Waals surface area contributed by atoms with Gasteiger partial charge in [0.05, 0.1) is 11.1 Å². The second-order valence-electron chi connectivity index (χ2n) is 4.36. The first kappa shape index (κ1) is 14.8. The molecule has 0 unspecified atom stereocenters. The maximum absolute atomic E-state index is 10.5. The molecule has 1 aromatic rings. The Hall–Kier alpha value is -1.29. The Kier molecular flexibility index (Phi) is 5.92. The van der Waals surface area contributed by atoms with Crippen LogP contribution in [0, 0.1) is 5.92 Å². The molecule has 0 amide bonds. The standard InChI is InChI=1S/C14H17BrO3/c1-10(2)8-9-18-14-11(6-7-13(16)17)4-3-5-12(14)15/h3-7,10H,8-9H2,1-2H3,(H,16,17). The summed E-state index contributed by atoms with van der Waals surface area (Å²) in [6, 6.07) is 5.55. The summed E-state index contributed by atoms with van der Waals surface area (Å²) in [6.45, 7) is 4.89. The highest BCUT2D eigenvalue weighted by molar-refractivity contribution is 9.10. The minimum absolute atomic E-state index is 0.575. The van der Waals surface area contributed by atoms with Gasteiger partial charge in [0.1, 0.15) is 5.75 Å². The van der Waals surface area contributed by atoms with E-state index in [-0.39, 0.29) is 0 Å². The number of aliphatic carboxylic acids is 1. The number of benzene rings is 1. The lowest BCUT2D eigenvalue weighted by molar-refractivity contribution is -0.131. The van der Waals surface area contributed by atoms with E-state index in [9.17, 15) is 4.79 Å². The number of rotatable bonds is 6. The Morgan fingerprint density at radius 1 is 1.50 bits per heavy atom. The van der Waals surface area contributed by atoms with Crippen molar-refractivity contribution in [2.24, 2.45) is 5.92 Å². The molecule has 1 rings (SSSR count). The third-order valence-electron chi connectivity index (χ3n) is 2.34. The first-order valence-electron chi connectivity index (χ1n) is 5.83. The van der Waals surface area contributed by atoms with Crippen molar-refractivity contribution in [3.05, 3.63) is 34.3 Å². The summed E-state index contributed by atoms with van der Waals surface area (Å²) in [5.74, 6) is 0.296. The molecule has 0 saturated heterocycles. The summed E-state index contributed by atoms with van der Waals surface area (Å²) in [5.41, 5.74) is 0.760. The monoisotopic (exact) mass is 312 g/mol. The topological polar surface area (TPSA) is 46.5 Å². The van der Waals surface area contributed by atoms with E-state index in [1.54, 1.807) is 0 Å². The number of para-hydroxylation sites is 1. The third-order valence-corrected chi connectivity index (χ3v) is 2.97. The van der Waals surface area contributed by atoms with Gasteiger partial charge in [-0.2, -0.15) is 0 Å². The molecular formula is C14H17BrO3. The van der Waals surface area contributed by atoms with Gasteiger partial charge in [0, 0.05) is 11.6 Å². The Morgan fingerprint density at radius 3 is 2.83 bits per heavy atom. The summed E-state index contributed by atoms with van der Waals surface area (Å²) in [5, 5.41) is 8.64. The van der Waals surface area contributed by atoms with Crippen LogP contribution in [0.3, 0.4) is 0 Å². The lowest BCUT2D eigenvalue weighted by Gasteiger charge is -2.12. The Bertz CT molecular complexity index is 439. The first-order valence-corrected chi connectivity index (χ1v) is 6.62. The summed E-state index contributed by atoms with van der Waals surface area (Å²) >= 11 is 3.42. The number of ether oxygens (including phenoxy) is 1. The van der Waals surface area contributed by atoms with Crippen LogP contribution >= 0.6 is 15.9 Å². The minimum Gasteiger partial charge on any atom is -0.492 e. The highest BCUT2D eigenvalue weighted by atomic mass is 79.9. The third kappa shape index (κ3) is 4.92. The second-order valence-corrected chi connectivity index (χ2v) is 5.22. The van der Waals surface area contributed by atoms with Crippen LogP contribution in [0.4, 0.5) is 0 Å². The maximum atomic E-state index is 10.5. The molecule has 0 aliphatic carbocycles. The van der Waals surface area contributed by atoms with Gasteiger partial charge in [0.15, 0.2) is 0 Å². The van der Waals surface area contributed by atoms with E-state index in [1.807, 2.05) is 18.2 Å². The molecule has 0 atom stereocenters. The lowest BCUT2D eigenvalue weighted by Crippen LogP contribution is -2.03. The van der Waals surface area contributed by atoms with Crippen molar-refractivity contribution < 1.29 is 14.6 Å². The molecule has 0 saturated carbocycles. The number of carboxylic acid groups (broad SMARTS) is 1. The molecule has 1 aromatic carbocycles. The summed E-state index contributed by atoms with van der Waals surface area (Å²) in [6.07, 6.45) is 3.61. The highest BCUT2D eigenvalue weighted by Gasteiger charge is 2.06. The predicted octanol–water partition coefficient (Wildman–Crippen LogP) is 3.97. The molecule has 0 heterocycles. The fraction of sp³-hybridized carbons (Fsp3) is 0.357. The largest absolute Gasteiger partial charge is 0.492 e. The molecule has 18 heavy (non-hydrogen) atoms. The van der Waals surface area contributed by atoms with Crippen molar-refractivity contribution in [3.8, 4) is 5.75 Å². The number of halogens is 1. The van der Waals surface area contributed by atoms with E-state index in [2.05, 4.69) is 29.8 Å². The maximum Gasteiger partial charge on any atom is 0.328 e. The summed E-state index contributed by atoms with van der Waals surface area (Å²) < 4.78 is 6.55. The smallest absolute Gasteiger partial charge is 0.328 e. The van der Waals surface area contributed by atoms with Crippen molar-refractivity contribution in [1.82, 2.24) is 0 Å². The molecule has 0 spiro atoms. The Morgan fingerprint density at radius 2 is 2.22 bits per heavy atom. The zero-order valence-electron chi connectivity index (χ0n) is 10.5. The van der Waals surface area contributed by atoms with Crippen LogP contribution < -0.4 is 4.74 Å². The van der Waals surface area contributed by atoms with Gasteiger partial charge in [-0.1, -0.05) is 26.0 Å².